The zero-order valence-corrected chi connectivity index (χ0v) is 18.4. The Morgan fingerprint density at radius 3 is 2.43 bits per heavy atom. The summed E-state index contributed by atoms with van der Waals surface area (Å²) >= 11 is 0. The van der Waals surface area contributed by atoms with Gasteiger partial charge >= 0.3 is 5.97 Å². The molecule has 7 nitrogen and oxygen atoms in total. The number of nitrogens with one attached hydrogen (secondary N) is 1. The molecule has 2 rings (SSSR count). The van der Waals surface area contributed by atoms with Crippen molar-refractivity contribution in [3.63, 3.8) is 0 Å². The fourth-order valence-electron chi connectivity index (χ4n) is 2.22. The number of carbonyl (C=O) groups excluding carboxylic acids is 2. The van der Waals surface area contributed by atoms with Crippen LogP contribution in [0.3, 0.4) is 0 Å². The minimum absolute atomic E-state index is 0.00546. The van der Waals surface area contributed by atoms with E-state index < -0.39 is 26.2 Å². The van der Waals surface area contributed by atoms with Gasteiger partial charge in [0, 0.05) is 6.20 Å². The summed E-state index contributed by atoms with van der Waals surface area (Å²) < 4.78 is 12.5. The Balaban J connectivity index is 2.09. The fourth-order valence-corrected chi connectivity index (χ4v) is 3.24. The Labute approximate surface area is 167 Å². The van der Waals surface area contributed by atoms with Crippen LogP contribution in [0.5, 0.6) is 0 Å². The highest BCUT2D eigenvalue weighted by atomic mass is 28.4. The third kappa shape index (κ3) is 5.29. The number of rotatable bonds is 7. The van der Waals surface area contributed by atoms with Crippen molar-refractivity contribution in [1.29, 1.82) is 0 Å². The molecule has 0 bridgehead atoms. The number of carbonyl (C=O) groups is 2. The molecular weight excluding hydrogens is 374 g/mol. The number of hydrogen-bond donors (Lipinski definition) is 1. The maximum atomic E-state index is 12.6. The van der Waals surface area contributed by atoms with E-state index in [-0.39, 0.29) is 11.6 Å². The zero-order chi connectivity index (χ0) is 20.9. The van der Waals surface area contributed by atoms with Gasteiger partial charge in [0.2, 0.25) is 0 Å². The van der Waals surface area contributed by atoms with Crippen LogP contribution in [0.25, 0.3) is 5.69 Å². The molecule has 0 aliphatic rings. The molecule has 0 aliphatic heterocycles. The van der Waals surface area contributed by atoms with Crippen molar-refractivity contribution in [2.45, 2.75) is 44.9 Å². The maximum absolute atomic E-state index is 12.6. The third-order valence-electron chi connectivity index (χ3n) is 5.07. The first-order valence-electron chi connectivity index (χ1n) is 9.18. The molecule has 0 radical (unpaired) electrons. The summed E-state index contributed by atoms with van der Waals surface area (Å²) in [6, 6.07) is 8.58. The predicted molar refractivity (Wildman–Crippen MR) is 110 cm³/mol. The molecule has 0 spiro atoms. The largest absolute Gasteiger partial charge is 0.467 e. The molecule has 1 heterocycles. The van der Waals surface area contributed by atoms with Crippen LogP contribution in [0.15, 0.2) is 42.7 Å². The number of amides is 1. The standard InChI is InChI=1S/C20H29N3O4Si/c1-20(2,3)28(5,6)27-14-17(19(25)26-4)22-18(24)15-12-21-23(13-15)16-10-8-7-9-11-16/h7-13,17H,14H2,1-6H3,(H,22,24)/t17-/m0/s1. The van der Waals surface area contributed by atoms with Crippen LogP contribution in [-0.2, 0) is 14.0 Å². The second-order valence-corrected chi connectivity index (χ2v) is 12.9. The summed E-state index contributed by atoms with van der Waals surface area (Å²) in [4.78, 5) is 24.8. The van der Waals surface area contributed by atoms with Crippen LogP contribution in [-0.4, -0.2) is 49.7 Å². The predicted octanol–water partition coefficient (Wildman–Crippen LogP) is 3.17. The highest BCUT2D eigenvalue weighted by molar-refractivity contribution is 6.74. The number of para-hydroxylation sites is 1. The van der Waals surface area contributed by atoms with Gasteiger partial charge in [0.15, 0.2) is 8.32 Å². The normalized spacial score (nSPS) is 13.1. The molecule has 1 aromatic carbocycles. The van der Waals surface area contributed by atoms with Crippen LogP contribution in [0.2, 0.25) is 18.1 Å². The Kier molecular flexibility index (Phi) is 6.79. The third-order valence-corrected chi connectivity index (χ3v) is 9.57. The van der Waals surface area contributed by atoms with E-state index in [0.717, 1.165) is 5.69 Å². The molecule has 28 heavy (non-hydrogen) atoms. The second kappa shape index (κ2) is 8.70. The van der Waals surface area contributed by atoms with Gasteiger partial charge in [-0.3, -0.25) is 4.79 Å². The van der Waals surface area contributed by atoms with Crippen molar-refractivity contribution in [2.75, 3.05) is 13.7 Å². The van der Waals surface area contributed by atoms with Crippen LogP contribution < -0.4 is 5.32 Å². The average Bonchev–Trinajstić information content (AvgIpc) is 3.14. The van der Waals surface area contributed by atoms with Crippen molar-refractivity contribution < 1.29 is 18.8 Å². The number of hydrogen-bond acceptors (Lipinski definition) is 5. The molecular formula is C20H29N3O4Si. The number of aromatic nitrogens is 2. The fraction of sp³-hybridized carbons (Fsp3) is 0.450. The van der Waals surface area contributed by atoms with Gasteiger partial charge in [0.05, 0.1) is 31.2 Å². The van der Waals surface area contributed by atoms with Gasteiger partial charge in [-0.2, -0.15) is 5.10 Å². The minimum atomic E-state index is -2.07. The van der Waals surface area contributed by atoms with Crippen molar-refractivity contribution in [2.24, 2.45) is 0 Å². The van der Waals surface area contributed by atoms with E-state index in [9.17, 15) is 9.59 Å². The van der Waals surface area contributed by atoms with Gasteiger partial charge < -0.3 is 14.5 Å². The number of nitrogens with zero attached hydrogens (tertiary/aromatic N) is 2. The Morgan fingerprint density at radius 2 is 1.86 bits per heavy atom. The van der Waals surface area contributed by atoms with Crippen LogP contribution in [0.1, 0.15) is 31.1 Å². The molecule has 152 valence electrons. The Morgan fingerprint density at radius 1 is 1.21 bits per heavy atom. The molecule has 1 atom stereocenters. The SMILES string of the molecule is COC(=O)[C@H](CO[Si](C)(C)C(C)(C)C)NC(=O)c1cnn(-c2ccccc2)c1. The first-order chi connectivity index (χ1) is 13.0. The van der Waals surface area contributed by atoms with Gasteiger partial charge in [-0.25, -0.2) is 9.48 Å². The molecule has 0 unspecified atom stereocenters. The molecule has 8 heteroatoms. The van der Waals surface area contributed by atoms with E-state index in [2.05, 4.69) is 44.3 Å². The van der Waals surface area contributed by atoms with Crippen molar-refractivity contribution in [1.82, 2.24) is 15.1 Å². The molecule has 1 aromatic heterocycles. The van der Waals surface area contributed by atoms with Crippen molar-refractivity contribution in [3.8, 4) is 5.69 Å². The number of esters is 1. The lowest BCUT2D eigenvalue weighted by atomic mass is 10.2. The van der Waals surface area contributed by atoms with Gasteiger partial charge in [0.25, 0.3) is 5.91 Å². The van der Waals surface area contributed by atoms with Crippen LogP contribution in [0.4, 0.5) is 0 Å². The minimum Gasteiger partial charge on any atom is -0.467 e. The summed E-state index contributed by atoms with van der Waals surface area (Å²) in [5.41, 5.74) is 1.19. The van der Waals surface area contributed by atoms with Gasteiger partial charge in [0.1, 0.15) is 6.04 Å². The summed E-state index contributed by atoms with van der Waals surface area (Å²) in [7, 11) is -0.779. The maximum Gasteiger partial charge on any atom is 0.330 e. The molecule has 0 fully saturated rings. The summed E-state index contributed by atoms with van der Waals surface area (Å²) in [6.45, 7) is 10.6. The van der Waals surface area contributed by atoms with Crippen LogP contribution >= 0.6 is 0 Å². The lowest BCUT2D eigenvalue weighted by molar-refractivity contribution is -0.143. The molecule has 2 aromatic rings. The number of ether oxygens (including phenoxy) is 1. The number of benzene rings is 1. The molecule has 0 saturated heterocycles. The van der Waals surface area contributed by atoms with Gasteiger partial charge in [-0.15, -0.1) is 0 Å². The van der Waals surface area contributed by atoms with E-state index in [0.29, 0.717) is 5.56 Å². The highest BCUT2D eigenvalue weighted by Crippen LogP contribution is 2.36. The molecule has 0 saturated carbocycles. The van der Waals surface area contributed by atoms with E-state index in [1.807, 2.05) is 30.3 Å². The lowest BCUT2D eigenvalue weighted by Gasteiger charge is -2.37. The molecule has 0 aliphatic carbocycles. The molecule has 1 N–H and O–H groups in total. The lowest BCUT2D eigenvalue weighted by Crippen LogP contribution is -2.49. The van der Waals surface area contributed by atoms with Gasteiger partial charge in [-0.05, 0) is 30.3 Å². The van der Waals surface area contributed by atoms with Crippen LogP contribution in [0, 0.1) is 0 Å². The molecule has 1 amide bonds. The summed E-state index contributed by atoms with van der Waals surface area (Å²) in [6.07, 6.45) is 3.08. The first kappa shape index (κ1) is 21.8. The highest BCUT2D eigenvalue weighted by Gasteiger charge is 2.38. The Bertz CT molecular complexity index is 812. The monoisotopic (exact) mass is 403 g/mol. The number of methoxy groups -OCH3 is 1. The topological polar surface area (TPSA) is 82.4 Å². The second-order valence-electron chi connectivity index (χ2n) is 8.13. The van der Waals surface area contributed by atoms with E-state index in [4.69, 9.17) is 9.16 Å². The van der Waals surface area contributed by atoms with E-state index in [1.54, 1.807) is 10.9 Å². The van der Waals surface area contributed by atoms with E-state index in [1.165, 1.54) is 13.3 Å². The van der Waals surface area contributed by atoms with Gasteiger partial charge in [-0.1, -0.05) is 39.0 Å². The Hall–Kier alpha value is -2.45. The van der Waals surface area contributed by atoms with Crippen molar-refractivity contribution >= 4 is 20.2 Å². The quantitative estimate of drug-likeness (QED) is 0.567. The van der Waals surface area contributed by atoms with E-state index >= 15 is 0 Å². The van der Waals surface area contributed by atoms with Crippen molar-refractivity contribution in [3.05, 3.63) is 48.3 Å². The average molecular weight is 404 g/mol. The smallest absolute Gasteiger partial charge is 0.330 e. The zero-order valence-electron chi connectivity index (χ0n) is 17.4. The summed E-state index contributed by atoms with van der Waals surface area (Å²) in [5.74, 6) is -0.945. The summed E-state index contributed by atoms with van der Waals surface area (Å²) in [5, 5.41) is 6.91. The first-order valence-corrected chi connectivity index (χ1v) is 12.1.